The predicted octanol–water partition coefficient (Wildman–Crippen LogP) is 3.48. The van der Waals surface area contributed by atoms with Gasteiger partial charge >= 0.3 is 5.97 Å². The minimum atomic E-state index is -1.14. The highest BCUT2D eigenvalue weighted by Gasteiger charge is 2.38. The zero-order chi connectivity index (χ0) is 34.7. The molecule has 0 saturated heterocycles. The van der Waals surface area contributed by atoms with Crippen molar-refractivity contribution in [3.63, 3.8) is 0 Å². The van der Waals surface area contributed by atoms with E-state index in [1.165, 1.54) is 75.2 Å². The molecule has 0 spiro atoms. The van der Waals surface area contributed by atoms with Crippen molar-refractivity contribution >= 4 is 52.7 Å². The lowest BCUT2D eigenvalue weighted by Gasteiger charge is -2.39. The number of likely N-dealkylation sites (N-methyl/N-ethyl adjacent to an activating group) is 3. The maximum atomic E-state index is 15.3. The van der Waals surface area contributed by atoms with Crippen LogP contribution >= 0.6 is 11.6 Å². The fourth-order valence-electron chi connectivity index (χ4n) is 5.55. The number of aromatic carboxylic acids is 1. The summed E-state index contributed by atoms with van der Waals surface area (Å²) in [6.07, 6.45) is 4.02. The lowest BCUT2D eigenvalue weighted by molar-refractivity contribution is -0.136. The van der Waals surface area contributed by atoms with Crippen molar-refractivity contribution in [1.82, 2.24) is 30.0 Å². The summed E-state index contributed by atoms with van der Waals surface area (Å²) >= 11 is 6.06. The normalized spacial score (nSPS) is 14.2. The first-order valence-electron chi connectivity index (χ1n) is 14.7. The third-order valence-corrected chi connectivity index (χ3v) is 8.32. The van der Waals surface area contributed by atoms with Gasteiger partial charge in [0.25, 0.3) is 5.91 Å². The van der Waals surface area contributed by atoms with Crippen molar-refractivity contribution < 1.29 is 28.7 Å². The molecule has 0 bridgehead atoms. The quantitative estimate of drug-likeness (QED) is 0.264. The molecule has 2 heterocycles. The minimum absolute atomic E-state index is 0.0395. The summed E-state index contributed by atoms with van der Waals surface area (Å²) < 4.78 is 16.5. The summed E-state index contributed by atoms with van der Waals surface area (Å²) in [6.45, 7) is 0.267. The molecule has 1 aliphatic heterocycles. The van der Waals surface area contributed by atoms with Crippen LogP contribution in [0.4, 0.5) is 15.8 Å². The van der Waals surface area contributed by atoms with E-state index >= 15 is 4.39 Å². The van der Waals surface area contributed by atoms with E-state index in [9.17, 15) is 24.3 Å². The third-order valence-electron chi connectivity index (χ3n) is 8.03. The average Bonchev–Trinajstić information content (AvgIpc) is 3.61. The van der Waals surface area contributed by atoms with Gasteiger partial charge in [0.05, 0.1) is 22.8 Å². The van der Waals surface area contributed by atoms with Crippen LogP contribution in [0.2, 0.25) is 5.02 Å². The van der Waals surface area contributed by atoms with E-state index in [0.29, 0.717) is 23.4 Å². The number of amides is 3. The van der Waals surface area contributed by atoms with Crippen LogP contribution in [0.25, 0.3) is 11.8 Å². The molecule has 5 rings (SSSR count). The molecule has 0 fully saturated rings. The van der Waals surface area contributed by atoms with Crippen LogP contribution in [-0.2, 0) is 20.8 Å². The van der Waals surface area contributed by atoms with E-state index in [-0.39, 0.29) is 40.8 Å². The molecule has 1 aromatic heterocycles. The van der Waals surface area contributed by atoms with Crippen molar-refractivity contribution in [2.24, 2.45) is 0 Å². The third kappa shape index (κ3) is 6.80. The van der Waals surface area contributed by atoms with Crippen LogP contribution in [0, 0.1) is 5.82 Å². The predicted molar refractivity (Wildman–Crippen MR) is 177 cm³/mol. The highest BCUT2D eigenvalue weighted by atomic mass is 35.5. The number of benzene rings is 3. The number of halogens is 2. The number of tetrazole rings is 1. The van der Waals surface area contributed by atoms with Gasteiger partial charge in [0.1, 0.15) is 12.4 Å². The van der Waals surface area contributed by atoms with E-state index in [1.54, 1.807) is 44.2 Å². The van der Waals surface area contributed by atoms with Crippen LogP contribution in [0.15, 0.2) is 67.0 Å². The van der Waals surface area contributed by atoms with Gasteiger partial charge in [-0.15, -0.1) is 5.10 Å². The Bertz CT molecular complexity index is 1900. The van der Waals surface area contributed by atoms with Gasteiger partial charge in [-0.1, -0.05) is 23.7 Å². The van der Waals surface area contributed by atoms with Gasteiger partial charge in [0.15, 0.2) is 5.82 Å². The van der Waals surface area contributed by atoms with E-state index in [1.807, 2.05) is 0 Å². The lowest BCUT2D eigenvalue weighted by Crippen LogP contribution is -2.48. The molecule has 4 aromatic rings. The van der Waals surface area contributed by atoms with Crippen molar-refractivity contribution in [3.8, 4) is 5.69 Å². The maximum Gasteiger partial charge on any atom is 0.335 e. The highest BCUT2D eigenvalue weighted by Crippen LogP contribution is 2.37. The lowest BCUT2D eigenvalue weighted by atomic mass is 9.89. The summed E-state index contributed by atoms with van der Waals surface area (Å²) in [6, 6.07) is 12.7. The van der Waals surface area contributed by atoms with Crippen molar-refractivity contribution in [1.29, 1.82) is 0 Å². The molecule has 1 atom stereocenters. The average molecular weight is 675 g/mol. The Morgan fingerprint density at radius 3 is 2.40 bits per heavy atom. The largest absolute Gasteiger partial charge is 0.478 e. The van der Waals surface area contributed by atoms with E-state index in [4.69, 9.17) is 11.6 Å². The zero-order valence-corrected chi connectivity index (χ0v) is 27.3. The zero-order valence-electron chi connectivity index (χ0n) is 26.5. The van der Waals surface area contributed by atoms with Crippen molar-refractivity contribution in [2.45, 2.75) is 12.5 Å². The Hall–Kier alpha value is -5.47. The maximum absolute atomic E-state index is 15.3. The molecule has 13 nitrogen and oxygen atoms in total. The second-order valence-corrected chi connectivity index (χ2v) is 11.8. The topological polar surface area (TPSA) is 145 Å². The van der Waals surface area contributed by atoms with Gasteiger partial charge in [-0.3, -0.25) is 14.4 Å². The molecule has 248 valence electrons. The molecule has 3 aromatic carbocycles. The van der Waals surface area contributed by atoms with E-state index in [0.717, 1.165) is 11.6 Å². The molecule has 0 saturated carbocycles. The molecule has 15 heteroatoms. The summed E-state index contributed by atoms with van der Waals surface area (Å²) in [5.41, 5.74) is 2.52. The Labute approximate surface area is 280 Å². The van der Waals surface area contributed by atoms with Gasteiger partial charge in [-0.05, 0) is 90.6 Å². The number of hydrogen-bond donors (Lipinski definition) is 1. The molecule has 0 aliphatic carbocycles. The smallest absolute Gasteiger partial charge is 0.335 e. The molecule has 0 unspecified atom stereocenters. The number of carboxylic acids is 1. The Morgan fingerprint density at radius 2 is 1.75 bits per heavy atom. The van der Waals surface area contributed by atoms with Crippen LogP contribution in [-0.4, -0.2) is 100 Å². The van der Waals surface area contributed by atoms with Crippen molar-refractivity contribution in [3.05, 3.63) is 100 Å². The number of carbonyl (C=O) groups excluding carboxylic acids is 3. The number of aromatic nitrogens is 4. The molecule has 48 heavy (non-hydrogen) atoms. The number of rotatable bonds is 9. The second kappa shape index (κ2) is 14.1. The number of carbonyl (C=O) groups is 4. The van der Waals surface area contributed by atoms with E-state index in [2.05, 4.69) is 15.5 Å². The standard InChI is InChI=1S/C33H32ClFN8O5/c1-39(2)18-29(45)41(4)26-7-5-6-23-22(26)16-17-42(31(23)32(46)40(3)21-10-8-20(9-11-21)33(47)48)28(44)15-12-24-27(43-19-36-37-38-43)14-13-25(34)30(24)35/h5-15,19,31H,16-18H2,1-4H3,(H,47,48)/b15-12+/t31-/m0/s1. The summed E-state index contributed by atoms with van der Waals surface area (Å²) in [7, 11) is 6.77. The SMILES string of the molecule is CN(C)CC(=O)N(C)c1cccc2c1CCN(C(=O)/C=C/c1c(-n3cnnn3)ccc(Cl)c1F)[C@@H]2C(=O)N(C)c1ccc(C(=O)O)cc1. The monoisotopic (exact) mass is 674 g/mol. The summed E-state index contributed by atoms with van der Waals surface area (Å²) in [4.78, 5) is 58.7. The Morgan fingerprint density at radius 1 is 1.02 bits per heavy atom. The fraction of sp³-hybridized carbons (Fsp3) is 0.242. The summed E-state index contributed by atoms with van der Waals surface area (Å²) in [5.74, 6) is -3.12. The molecule has 3 amide bonds. The van der Waals surface area contributed by atoms with Crippen LogP contribution in [0.5, 0.6) is 0 Å². The Balaban J connectivity index is 1.56. The van der Waals surface area contributed by atoms with Crippen LogP contribution in [0.3, 0.4) is 0 Å². The molecule has 1 N–H and O–H groups in total. The van der Waals surface area contributed by atoms with Gasteiger partial charge in [-0.2, -0.15) is 4.68 Å². The molecule has 0 radical (unpaired) electrons. The second-order valence-electron chi connectivity index (χ2n) is 11.4. The summed E-state index contributed by atoms with van der Waals surface area (Å²) in [5, 5.41) is 20.1. The first kappa shape index (κ1) is 33.9. The number of carboxylic acid groups (broad SMARTS) is 1. The minimum Gasteiger partial charge on any atom is -0.478 e. The Kier molecular flexibility index (Phi) is 9.96. The van der Waals surface area contributed by atoms with E-state index < -0.39 is 29.6 Å². The molecular weight excluding hydrogens is 643 g/mol. The number of fused-ring (bicyclic) bond motifs is 1. The van der Waals surface area contributed by atoms with Gasteiger partial charge in [0.2, 0.25) is 11.8 Å². The number of hydrogen-bond acceptors (Lipinski definition) is 8. The van der Waals surface area contributed by atoms with Gasteiger partial charge in [-0.25, -0.2) is 9.18 Å². The van der Waals surface area contributed by atoms with Crippen LogP contribution in [0.1, 0.15) is 33.1 Å². The highest BCUT2D eigenvalue weighted by molar-refractivity contribution is 6.31. The number of anilines is 2. The first-order valence-corrected chi connectivity index (χ1v) is 15.1. The number of nitrogens with zero attached hydrogens (tertiary/aromatic N) is 8. The fourth-order valence-corrected chi connectivity index (χ4v) is 5.72. The first-order chi connectivity index (χ1) is 22.9. The molecule has 1 aliphatic rings. The van der Waals surface area contributed by atoms with Gasteiger partial charge in [0, 0.05) is 43.7 Å². The van der Waals surface area contributed by atoms with Gasteiger partial charge < -0.3 is 24.7 Å². The van der Waals surface area contributed by atoms with Crippen LogP contribution < -0.4 is 9.80 Å². The molecular formula is C33H32ClFN8O5. The van der Waals surface area contributed by atoms with Crippen molar-refractivity contribution in [2.75, 3.05) is 51.1 Å².